The quantitative estimate of drug-likeness (QED) is 0.142. The number of nitrogens with two attached hydrogens (primary N) is 1. The van der Waals surface area contributed by atoms with E-state index >= 15 is 0 Å². The zero-order valence-electron chi connectivity index (χ0n) is 16.4. The Morgan fingerprint density at radius 1 is 1.39 bits per heavy atom. The first-order valence-electron chi connectivity index (χ1n) is 9.59. The molecule has 166 valence electrons. The van der Waals surface area contributed by atoms with E-state index in [2.05, 4.69) is 35.4 Å². The first kappa shape index (κ1) is 22.1. The number of hydrazine groups is 2. The smallest absolute Gasteiger partial charge is 0.213 e. The molecule has 0 saturated carbocycles. The first-order chi connectivity index (χ1) is 14.9. The normalized spacial score (nSPS) is 16.8. The van der Waals surface area contributed by atoms with E-state index in [1.165, 1.54) is 6.34 Å². The number of aromatic nitrogens is 3. The van der Waals surface area contributed by atoms with Gasteiger partial charge in [0.25, 0.3) is 0 Å². The SMILES string of the molecule is NNNC=NCCS(=O)(=O)NC1CCc2c(-c3cn[nH]c3)c3ccc(Cl)c(Cl)c3n2C1. The second-order valence-corrected chi connectivity index (χ2v) is 9.83. The van der Waals surface area contributed by atoms with Gasteiger partial charge in [0, 0.05) is 41.0 Å². The molecule has 0 saturated heterocycles. The highest BCUT2D eigenvalue weighted by atomic mass is 35.5. The Labute approximate surface area is 189 Å². The number of aromatic amines is 1. The molecular weight excluding hydrogens is 463 g/mol. The summed E-state index contributed by atoms with van der Waals surface area (Å²) in [5.41, 5.74) is 8.52. The van der Waals surface area contributed by atoms with Crippen LogP contribution in [-0.4, -0.2) is 47.9 Å². The summed E-state index contributed by atoms with van der Waals surface area (Å²) in [6.45, 7) is 0.561. The van der Waals surface area contributed by atoms with Crippen LogP contribution in [0.1, 0.15) is 12.1 Å². The minimum atomic E-state index is -3.51. The molecule has 0 amide bonds. The molecule has 10 nitrogen and oxygen atoms in total. The molecule has 0 bridgehead atoms. The maximum Gasteiger partial charge on any atom is 0.213 e. The molecule has 0 radical (unpaired) electrons. The van der Waals surface area contributed by atoms with Gasteiger partial charge in [-0.1, -0.05) is 29.3 Å². The third kappa shape index (κ3) is 4.56. The van der Waals surface area contributed by atoms with Crippen molar-refractivity contribution >= 4 is 50.5 Å². The molecule has 4 rings (SSSR count). The van der Waals surface area contributed by atoms with Crippen molar-refractivity contribution < 1.29 is 8.42 Å². The Balaban J connectivity index is 1.62. The molecule has 1 aliphatic heterocycles. The van der Waals surface area contributed by atoms with E-state index in [1.807, 2.05) is 12.3 Å². The molecular formula is C18H22Cl2N8O2S. The molecule has 6 N–H and O–H groups in total. The molecule has 1 atom stereocenters. The number of sulfonamides is 1. The lowest BCUT2D eigenvalue weighted by Crippen LogP contribution is -2.42. The van der Waals surface area contributed by atoms with E-state index in [9.17, 15) is 8.42 Å². The summed E-state index contributed by atoms with van der Waals surface area (Å²) < 4.78 is 29.9. The minimum Gasteiger partial charge on any atom is -0.341 e. The van der Waals surface area contributed by atoms with Crippen LogP contribution in [0.25, 0.3) is 22.0 Å². The summed E-state index contributed by atoms with van der Waals surface area (Å²) >= 11 is 12.9. The summed E-state index contributed by atoms with van der Waals surface area (Å²) in [7, 11) is -3.51. The van der Waals surface area contributed by atoms with Gasteiger partial charge in [-0.15, -0.1) is 0 Å². The number of halogens is 2. The van der Waals surface area contributed by atoms with Gasteiger partial charge in [0.05, 0.1) is 40.4 Å². The van der Waals surface area contributed by atoms with Gasteiger partial charge in [0.2, 0.25) is 10.0 Å². The van der Waals surface area contributed by atoms with E-state index in [0.717, 1.165) is 27.7 Å². The number of benzene rings is 1. The van der Waals surface area contributed by atoms with Crippen LogP contribution in [0.15, 0.2) is 29.5 Å². The van der Waals surface area contributed by atoms with Crippen molar-refractivity contribution in [3.8, 4) is 11.1 Å². The highest BCUT2D eigenvalue weighted by Gasteiger charge is 2.29. The van der Waals surface area contributed by atoms with E-state index in [0.29, 0.717) is 29.4 Å². The molecule has 3 aromatic rings. The molecule has 1 unspecified atom stereocenters. The number of H-pyrrole nitrogens is 1. The third-order valence-electron chi connectivity index (χ3n) is 5.22. The standard InChI is InChI=1S/C18H22Cl2N8O2S/c19-14-3-2-13-16(11-7-23-24-8-11)15-4-1-12(9-28(15)18(13)17(14)20)26-31(29,30)6-5-22-10-25-27-21/h2-3,7-8,10,12,26-27H,1,4-6,9,21H2,(H,22,25)(H,23,24). The molecule has 0 fully saturated rings. The van der Waals surface area contributed by atoms with Crippen molar-refractivity contribution in [1.82, 2.24) is 30.4 Å². The van der Waals surface area contributed by atoms with E-state index < -0.39 is 10.0 Å². The molecule has 1 aromatic carbocycles. The number of fused-ring (bicyclic) bond motifs is 3. The van der Waals surface area contributed by atoms with E-state index in [-0.39, 0.29) is 18.3 Å². The van der Waals surface area contributed by atoms with Crippen molar-refractivity contribution in [2.75, 3.05) is 12.3 Å². The van der Waals surface area contributed by atoms with Crippen LogP contribution in [0, 0.1) is 0 Å². The Bertz CT molecular complexity index is 1210. The van der Waals surface area contributed by atoms with Crippen LogP contribution >= 0.6 is 23.2 Å². The van der Waals surface area contributed by atoms with Crippen LogP contribution < -0.4 is 21.5 Å². The fourth-order valence-electron chi connectivity index (χ4n) is 3.95. The highest BCUT2D eigenvalue weighted by molar-refractivity contribution is 7.89. The second kappa shape index (κ2) is 9.15. The van der Waals surface area contributed by atoms with Crippen LogP contribution in [0.3, 0.4) is 0 Å². The minimum absolute atomic E-state index is 0.112. The zero-order chi connectivity index (χ0) is 22.0. The molecule has 0 aliphatic carbocycles. The lowest BCUT2D eigenvalue weighted by atomic mass is 9.99. The van der Waals surface area contributed by atoms with Crippen LogP contribution in [0.4, 0.5) is 0 Å². The van der Waals surface area contributed by atoms with E-state index in [1.54, 1.807) is 12.3 Å². The van der Waals surface area contributed by atoms with Gasteiger partial charge in [0.15, 0.2) is 0 Å². The van der Waals surface area contributed by atoms with Gasteiger partial charge < -0.3 is 4.57 Å². The monoisotopic (exact) mass is 484 g/mol. The summed E-state index contributed by atoms with van der Waals surface area (Å²) in [5.74, 6) is 4.92. The molecule has 13 heteroatoms. The topological polar surface area (TPSA) is 142 Å². The largest absolute Gasteiger partial charge is 0.341 e. The first-order valence-corrected chi connectivity index (χ1v) is 12.0. The Kier molecular flexibility index (Phi) is 6.51. The van der Waals surface area contributed by atoms with E-state index in [4.69, 9.17) is 29.0 Å². The van der Waals surface area contributed by atoms with Crippen LogP contribution in [-0.2, 0) is 23.0 Å². The van der Waals surface area contributed by atoms with Crippen LogP contribution in [0.5, 0.6) is 0 Å². The predicted octanol–water partition coefficient (Wildman–Crippen LogP) is 1.57. The van der Waals surface area contributed by atoms with Crippen molar-refractivity contribution in [2.24, 2.45) is 10.8 Å². The Morgan fingerprint density at radius 3 is 2.97 bits per heavy atom. The molecule has 0 spiro atoms. The summed E-state index contributed by atoms with van der Waals surface area (Å²) in [5, 5.41) is 8.79. The maximum absolute atomic E-state index is 12.5. The van der Waals surface area contributed by atoms with Gasteiger partial charge in [0.1, 0.15) is 0 Å². The fraction of sp³-hybridized carbons (Fsp3) is 0.333. The second-order valence-electron chi connectivity index (χ2n) is 7.17. The number of rotatable bonds is 8. The average Bonchev–Trinajstić information content (AvgIpc) is 3.36. The number of nitrogens with zero attached hydrogens (tertiary/aromatic N) is 3. The van der Waals surface area contributed by atoms with Crippen molar-refractivity contribution in [3.63, 3.8) is 0 Å². The number of nitrogens with one attached hydrogen (secondary N) is 4. The van der Waals surface area contributed by atoms with Gasteiger partial charge in [-0.3, -0.25) is 21.4 Å². The average molecular weight is 485 g/mol. The van der Waals surface area contributed by atoms with Gasteiger partial charge in [-0.2, -0.15) is 10.6 Å². The highest BCUT2D eigenvalue weighted by Crippen LogP contribution is 2.42. The van der Waals surface area contributed by atoms with Crippen molar-refractivity contribution in [2.45, 2.75) is 25.4 Å². The third-order valence-corrected chi connectivity index (χ3v) is 7.42. The zero-order valence-corrected chi connectivity index (χ0v) is 18.7. The van der Waals surface area contributed by atoms with Gasteiger partial charge in [-0.05, 0) is 18.9 Å². The summed E-state index contributed by atoms with van der Waals surface area (Å²) in [6, 6.07) is 3.45. The number of aliphatic imine (C=N–C) groups is 1. The maximum atomic E-state index is 12.5. The molecule has 1 aliphatic rings. The van der Waals surface area contributed by atoms with Gasteiger partial charge in [-0.25, -0.2) is 13.1 Å². The number of hydrogen-bond donors (Lipinski definition) is 5. The van der Waals surface area contributed by atoms with Crippen LogP contribution in [0.2, 0.25) is 10.0 Å². The van der Waals surface area contributed by atoms with Gasteiger partial charge >= 0.3 is 0 Å². The molecule has 2 aromatic heterocycles. The van der Waals surface area contributed by atoms with Crippen molar-refractivity contribution in [1.29, 1.82) is 0 Å². The van der Waals surface area contributed by atoms with Crippen molar-refractivity contribution in [3.05, 3.63) is 40.3 Å². The number of hydrogen-bond acceptors (Lipinski definition) is 6. The fourth-order valence-corrected chi connectivity index (χ4v) is 5.54. The molecule has 31 heavy (non-hydrogen) atoms. The predicted molar refractivity (Wildman–Crippen MR) is 122 cm³/mol. The summed E-state index contributed by atoms with van der Waals surface area (Å²) in [6.07, 6.45) is 6.25. The summed E-state index contributed by atoms with van der Waals surface area (Å²) in [4.78, 5) is 3.93. The molecule has 3 heterocycles. The Morgan fingerprint density at radius 2 is 2.23 bits per heavy atom. The lowest BCUT2D eigenvalue weighted by Gasteiger charge is -2.27. The Hall–Kier alpha value is -2.15. The lowest BCUT2D eigenvalue weighted by molar-refractivity contribution is 0.434.